The average molecular weight is 645 g/mol. The highest BCUT2D eigenvalue weighted by molar-refractivity contribution is 5.98. The molecule has 0 fully saturated rings. The van der Waals surface area contributed by atoms with Gasteiger partial charge in [-0.1, -0.05) is 60.7 Å². The maximum atomic E-state index is 13.6. The fourth-order valence-corrected chi connectivity index (χ4v) is 4.70. The van der Waals surface area contributed by atoms with Crippen molar-refractivity contribution in [2.24, 2.45) is 27.9 Å². The Morgan fingerprint density at radius 1 is 0.702 bits per heavy atom. The van der Waals surface area contributed by atoms with E-state index in [2.05, 4.69) is 20.9 Å². The molecule has 0 bridgehead atoms. The first-order valence-electron chi connectivity index (χ1n) is 15.5. The van der Waals surface area contributed by atoms with Gasteiger partial charge >= 0.3 is 0 Å². The molecule has 3 aromatic rings. The number of amides is 4. The van der Waals surface area contributed by atoms with E-state index in [0.29, 0.717) is 55.7 Å². The molecule has 3 aromatic carbocycles. The molecule has 0 heterocycles. The normalized spacial score (nSPS) is 12.5. The SMILES string of the molecule is NCCCC[C@@H](NC(=O)c1ccccc1)C(=O)N[C@H](CCCN=C(N)N)C(=O)N[C@@H](C(N)=O)c1ccc(OCc2ccccc2)cc1. The van der Waals surface area contributed by atoms with Crippen molar-refractivity contribution in [3.8, 4) is 5.75 Å². The fraction of sp³-hybridized carbons (Fsp3) is 0.324. The van der Waals surface area contributed by atoms with Crippen LogP contribution in [0, 0.1) is 0 Å². The second-order valence-electron chi connectivity index (χ2n) is 10.9. The minimum atomic E-state index is -1.19. The molecule has 0 aromatic heterocycles. The Bertz CT molecular complexity index is 1460. The molecule has 3 rings (SSSR count). The maximum absolute atomic E-state index is 13.6. The van der Waals surface area contributed by atoms with Crippen molar-refractivity contribution in [1.82, 2.24) is 16.0 Å². The summed E-state index contributed by atoms with van der Waals surface area (Å²) in [7, 11) is 0. The van der Waals surface area contributed by atoms with Gasteiger partial charge in [0, 0.05) is 12.1 Å². The summed E-state index contributed by atoms with van der Waals surface area (Å²) < 4.78 is 5.82. The van der Waals surface area contributed by atoms with Gasteiger partial charge in [-0.05, 0) is 74.0 Å². The number of ether oxygens (including phenoxy) is 1. The number of aliphatic imine (C=N–C) groups is 1. The first kappa shape index (κ1) is 36.0. The monoisotopic (exact) mass is 644 g/mol. The summed E-state index contributed by atoms with van der Waals surface area (Å²) in [5.41, 5.74) is 24.0. The Kier molecular flexibility index (Phi) is 14.7. The quantitative estimate of drug-likeness (QED) is 0.0571. The lowest BCUT2D eigenvalue weighted by Gasteiger charge is -2.25. The number of guanidine groups is 1. The van der Waals surface area contributed by atoms with Crippen LogP contribution in [-0.4, -0.2) is 54.8 Å². The number of primary amides is 1. The van der Waals surface area contributed by atoms with Gasteiger partial charge in [0.2, 0.25) is 17.7 Å². The first-order valence-corrected chi connectivity index (χ1v) is 15.5. The van der Waals surface area contributed by atoms with E-state index in [4.69, 9.17) is 27.7 Å². The maximum Gasteiger partial charge on any atom is 0.251 e. The van der Waals surface area contributed by atoms with E-state index in [1.807, 2.05) is 30.3 Å². The van der Waals surface area contributed by atoms with E-state index in [9.17, 15) is 19.2 Å². The van der Waals surface area contributed by atoms with Crippen molar-refractivity contribution in [3.05, 3.63) is 102 Å². The third-order valence-electron chi connectivity index (χ3n) is 7.22. The predicted molar refractivity (Wildman–Crippen MR) is 180 cm³/mol. The van der Waals surface area contributed by atoms with Gasteiger partial charge in [0.05, 0.1) is 0 Å². The fourth-order valence-electron chi connectivity index (χ4n) is 4.70. The number of nitrogens with zero attached hydrogens (tertiary/aromatic N) is 1. The van der Waals surface area contributed by atoms with Gasteiger partial charge in [0.1, 0.15) is 30.5 Å². The second kappa shape index (κ2) is 19.2. The van der Waals surface area contributed by atoms with Gasteiger partial charge < -0.3 is 43.6 Å². The third kappa shape index (κ3) is 12.5. The summed E-state index contributed by atoms with van der Waals surface area (Å²) in [4.78, 5) is 56.5. The largest absolute Gasteiger partial charge is 0.489 e. The second-order valence-corrected chi connectivity index (χ2v) is 10.9. The van der Waals surface area contributed by atoms with Crippen LogP contribution >= 0.6 is 0 Å². The lowest BCUT2D eigenvalue weighted by molar-refractivity contribution is -0.132. The van der Waals surface area contributed by atoms with E-state index in [1.165, 1.54) is 0 Å². The van der Waals surface area contributed by atoms with Crippen LogP contribution in [0.2, 0.25) is 0 Å². The number of benzene rings is 3. The van der Waals surface area contributed by atoms with Crippen LogP contribution in [0.3, 0.4) is 0 Å². The molecule has 13 heteroatoms. The van der Waals surface area contributed by atoms with E-state index in [-0.39, 0.29) is 18.9 Å². The number of carbonyl (C=O) groups excluding carboxylic acids is 4. The van der Waals surface area contributed by atoms with E-state index in [0.717, 1.165) is 5.56 Å². The number of rotatable bonds is 19. The van der Waals surface area contributed by atoms with Gasteiger partial charge in [0.25, 0.3) is 5.91 Å². The molecule has 0 saturated carbocycles. The van der Waals surface area contributed by atoms with Gasteiger partial charge in [-0.2, -0.15) is 0 Å². The van der Waals surface area contributed by atoms with Gasteiger partial charge in [0.15, 0.2) is 5.96 Å². The summed E-state index contributed by atoms with van der Waals surface area (Å²) in [6.45, 7) is 0.984. The zero-order chi connectivity index (χ0) is 34.0. The predicted octanol–water partition coefficient (Wildman–Crippen LogP) is 1.37. The molecule has 4 amide bonds. The molecular weight excluding hydrogens is 600 g/mol. The van der Waals surface area contributed by atoms with E-state index < -0.39 is 41.8 Å². The Morgan fingerprint density at radius 3 is 1.91 bits per heavy atom. The summed E-state index contributed by atoms with van der Waals surface area (Å²) in [6.07, 6.45) is 1.98. The molecule has 0 radical (unpaired) electrons. The van der Waals surface area contributed by atoms with Gasteiger partial charge in [-0.25, -0.2) is 0 Å². The lowest BCUT2D eigenvalue weighted by atomic mass is 10.0. The molecule has 13 nitrogen and oxygen atoms in total. The molecule has 47 heavy (non-hydrogen) atoms. The smallest absolute Gasteiger partial charge is 0.251 e. The number of nitrogens with two attached hydrogens (primary N) is 4. The highest BCUT2D eigenvalue weighted by Crippen LogP contribution is 2.20. The van der Waals surface area contributed by atoms with Gasteiger partial charge in [-0.3, -0.25) is 24.2 Å². The minimum Gasteiger partial charge on any atom is -0.489 e. The molecule has 0 aliphatic carbocycles. The molecular formula is C34H44N8O5. The minimum absolute atomic E-state index is 0.108. The van der Waals surface area contributed by atoms with Crippen molar-refractivity contribution >= 4 is 29.6 Å². The molecule has 11 N–H and O–H groups in total. The highest BCUT2D eigenvalue weighted by Gasteiger charge is 2.29. The van der Waals surface area contributed by atoms with E-state index in [1.54, 1.807) is 54.6 Å². The highest BCUT2D eigenvalue weighted by atomic mass is 16.5. The van der Waals surface area contributed by atoms with Crippen LogP contribution in [0.25, 0.3) is 0 Å². The van der Waals surface area contributed by atoms with Crippen LogP contribution < -0.4 is 43.6 Å². The number of hydrogen-bond acceptors (Lipinski definition) is 7. The molecule has 0 saturated heterocycles. The van der Waals surface area contributed by atoms with Crippen molar-refractivity contribution in [2.75, 3.05) is 13.1 Å². The molecule has 250 valence electrons. The third-order valence-corrected chi connectivity index (χ3v) is 7.22. The Hall–Kier alpha value is -5.43. The first-order chi connectivity index (χ1) is 22.7. The van der Waals surface area contributed by atoms with Crippen LogP contribution in [0.4, 0.5) is 0 Å². The average Bonchev–Trinajstić information content (AvgIpc) is 3.07. The van der Waals surface area contributed by atoms with Gasteiger partial charge in [-0.15, -0.1) is 0 Å². The lowest BCUT2D eigenvalue weighted by Crippen LogP contribution is -2.54. The Morgan fingerprint density at radius 2 is 1.30 bits per heavy atom. The summed E-state index contributed by atoms with van der Waals surface area (Å²) in [6, 6.07) is 21.5. The van der Waals surface area contributed by atoms with Crippen LogP contribution in [0.5, 0.6) is 5.75 Å². The molecule has 0 unspecified atom stereocenters. The molecule has 3 atom stereocenters. The van der Waals surface area contributed by atoms with Crippen LogP contribution in [-0.2, 0) is 21.0 Å². The number of carbonyl (C=O) groups is 4. The molecule has 0 spiro atoms. The number of unbranched alkanes of at least 4 members (excludes halogenated alkanes) is 1. The number of hydrogen-bond donors (Lipinski definition) is 7. The zero-order valence-electron chi connectivity index (χ0n) is 26.3. The van der Waals surface area contributed by atoms with Crippen LogP contribution in [0.1, 0.15) is 59.6 Å². The summed E-state index contributed by atoms with van der Waals surface area (Å²) >= 11 is 0. The Labute approximate surface area is 274 Å². The Balaban J connectivity index is 1.74. The molecule has 0 aliphatic rings. The summed E-state index contributed by atoms with van der Waals surface area (Å²) in [5, 5.41) is 8.18. The topological polar surface area (TPSA) is 230 Å². The molecule has 0 aliphatic heterocycles. The summed E-state index contributed by atoms with van der Waals surface area (Å²) in [5.74, 6) is -1.98. The van der Waals surface area contributed by atoms with Crippen molar-refractivity contribution in [1.29, 1.82) is 0 Å². The standard InChI is InChI=1S/C34H44N8O5/c35-20-8-7-14-27(40-31(44)25-12-5-2-6-13-25)32(45)41-28(15-9-21-39-34(37)38)33(46)42-29(30(36)43)24-16-18-26(19-17-24)47-22-23-10-3-1-4-11-23/h1-6,10-13,16-19,27-29H,7-9,14-15,20-22,35H2,(H2,36,43)(H,40,44)(H,41,45)(H,42,46)(H4,37,38,39)/t27-,28-,29-/m1/s1. The zero-order valence-corrected chi connectivity index (χ0v) is 26.3. The van der Waals surface area contributed by atoms with Crippen molar-refractivity contribution in [3.63, 3.8) is 0 Å². The van der Waals surface area contributed by atoms with Crippen molar-refractivity contribution < 1.29 is 23.9 Å². The van der Waals surface area contributed by atoms with E-state index >= 15 is 0 Å². The number of nitrogens with one attached hydrogen (secondary N) is 3. The van der Waals surface area contributed by atoms with Crippen molar-refractivity contribution in [2.45, 2.75) is 56.8 Å². The van der Waals surface area contributed by atoms with Crippen LogP contribution in [0.15, 0.2) is 89.9 Å².